The topological polar surface area (TPSA) is 90.7 Å². The van der Waals surface area contributed by atoms with E-state index < -0.39 is 5.91 Å². The molecule has 7 heteroatoms. The fraction of sp³-hybridized carbons (Fsp3) is 0.333. The molecule has 1 aromatic heterocycles. The number of benzene rings is 1. The molecule has 6 nitrogen and oxygen atoms in total. The normalized spacial score (nSPS) is 17.5. The van der Waals surface area contributed by atoms with Crippen molar-refractivity contribution in [1.82, 2.24) is 0 Å². The van der Waals surface area contributed by atoms with Crippen LogP contribution >= 0.6 is 11.3 Å². The van der Waals surface area contributed by atoms with E-state index in [4.69, 9.17) is 15.2 Å². The molecule has 2 aliphatic rings. The van der Waals surface area contributed by atoms with Crippen LogP contribution in [-0.4, -0.2) is 18.6 Å². The van der Waals surface area contributed by atoms with Gasteiger partial charge >= 0.3 is 0 Å². The molecule has 1 aliphatic carbocycles. The van der Waals surface area contributed by atoms with Gasteiger partial charge in [-0.1, -0.05) is 19.4 Å². The number of rotatable bonds is 5. The van der Waals surface area contributed by atoms with Crippen molar-refractivity contribution < 1.29 is 19.1 Å². The predicted molar refractivity (Wildman–Crippen MR) is 109 cm³/mol. The lowest BCUT2D eigenvalue weighted by atomic mass is 9.85. The molecule has 3 N–H and O–H groups in total. The second kappa shape index (κ2) is 7.67. The summed E-state index contributed by atoms with van der Waals surface area (Å²) in [7, 11) is 0. The zero-order valence-electron chi connectivity index (χ0n) is 15.6. The smallest absolute Gasteiger partial charge is 0.251 e. The fourth-order valence-corrected chi connectivity index (χ4v) is 5.06. The average molecular weight is 398 g/mol. The van der Waals surface area contributed by atoms with E-state index in [0.717, 1.165) is 36.8 Å². The summed E-state index contributed by atoms with van der Waals surface area (Å²) < 4.78 is 10.6. The Morgan fingerprint density at radius 3 is 2.93 bits per heavy atom. The highest BCUT2D eigenvalue weighted by Gasteiger charge is 2.27. The van der Waals surface area contributed by atoms with E-state index in [1.807, 2.05) is 18.2 Å². The van der Waals surface area contributed by atoms with E-state index >= 15 is 0 Å². The Hall–Kier alpha value is -2.80. The standard InChI is InChI=1S/C21H22N2O4S/c1-2-12-3-6-14-17(10-12)28-21(19(14)20(22)25)23-18(24)8-5-13-4-7-15-16(9-13)27-11-26-15/h4-5,7-9,12H,2-3,6,10-11H2,1H3,(H2,22,25)(H,23,24)/b8-5-/t12-/m0/s1. The number of nitrogens with two attached hydrogens (primary N) is 1. The van der Waals surface area contributed by atoms with Crippen LogP contribution in [0.4, 0.5) is 5.00 Å². The van der Waals surface area contributed by atoms with Gasteiger partial charge in [-0.3, -0.25) is 9.59 Å². The molecule has 0 saturated heterocycles. The quantitative estimate of drug-likeness (QED) is 0.751. The van der Waals surface area contributed by atoms with E-state index in [9.17, 15) is 9.59 Å². The van der Waals surface area contributed by atoms with Gasteiger partial charge in [-0.15, -0.1) is 11.3 Å². The van der Waals surface area contributed by atoms with Crippen molar-refractivity contribution in [3.05, 3.63) is 45.8 Å². The Morgan fingerprint density at radius 1 is 1.32 bits per heavy atom. The average Bonchev–Trinajstić information content (AvgIpc) is 3.28. The van der Waals surface area contributed by atoms with Crippen molar-refractivity contribution in [3.63, 3.8) is 0 Å². The number of carbonyl (C=O) groups is 2. The lowest BCUT2D eigenvalue weighted by Crippen LogP contribution is -2.19. The maximum atomic E-state index is 12.4. The molecule has 28 heavy (non-hydrogen) atoms. The zero-order valence-corrected chi connectivity index (χ0v) is 16.4. The summed E-state index contributed by atoms with van der Waals surface area (Å²) in [5.74, 6) is 1.20. The van der Waals surface area contributed by atoms with Crippen LogP contribution in [0.2, 0.25) is 0 Å². The molecule has 0 radical (unpaired) electrons. The number of ether oxygens (including phenoxy) is 2. The second-order valence-electron chi connectivity index (χ2n) is 7.02. The number of hydrogen-bond donors (Lipinski definition) is 2. The summed E-state index contributed by atoms with van der Waals surface area (Å²) in [5.41, 5.74) is 7.92. The first-order valence-corrected chi connectivity index (χ1v) is 10.2. The Labute approximate surface area is 167 Å². The fourth-order valence-electron chi connectivity index (χ4n) is 3.69. The van der Waals surface area contributed by atoms with Crippen molar-refractivity contribution >= 4 is 34.2 Å². The molecule has 1 aliphatic heterocycles. The lowest BCUT2D eigenvalue weighted by Gasteiger charge is -2.20. The number of thiophene rings is 1. The Morgan fingerprint density at radius 2 is 2.14 bits per heavy atom. The van der Waals surface area contributed by atoms with Crippen molar-refractivity contribution in [2.75, 3.05) is 12.1 Å². The van der Waals surface area contributed by atoms with Crippen molar-refractivity contribution in [1.29, 1.82) is 0 Å². The van der Waals surface area contributed by atoms with Crippen molar-refractivity contribution in [3.8, 4) is 11.5 Å². The Balaban J connectivity index is 1.51. The van der Waals surface area contributed by atoms with Crippen LogP contribution in [0.25, 0.3) is 6.08 Å². The first-order valence-electron chi connectivity index (χ1n) is 9.38. The number of hydrogen-bond acceptors (Lipinski definition) is 5. The number of fused-ring (bicyclic) bond motifs is 2. The predicted octanol–water partition coefficient (Wildman–Crippen LogP) is 3.74. The summed E-state index contributed by atoms with van der Waals surface area (Å²) in [4.78, 5) is 25.6. The van der Waals surface area contributed by atoms with Gasteiger partial charge < -0.3 is 20.5 Å². The van der Waals surface area contributed by atoms with Gasteiger partial charge in [0.25, 0.3) is 5.91 Å². The largest absolute Gasteiger partial charge is 0.454 e. The summed E-state index contributed by atoms with van der Waals surface area (Å²) in [6, 6.07) is 5.47. The van der Waals surface area contributed by atoms with Crippen LogP contribution in [0.15, 0.2) is 24.3 Å². The molecule has 2 aromatic rings. The van der Waals surface area contributed by atoms with E-state index in [1.165, 1.54) is 22.3 Å². The Kier molecular flexibility index (Phi) is 5.09. The van der Waals surface area contributed by atoms with E-state index in [0.29, 0.717) is 28.0 Å². The van der Waals surface area contributed by atoms with Crippen molar-refractivity contribution in [2.45, 2.75) is 32.6 Å². The van der Waals surface area contributed by atoms with Crippen LogP contribution < -0.4 is 20.5 Å². The van der Waals surface area contributed by atoms with Crippen molar-refractivity contribution in [2.24, 2.45) is 11.7 Å². The SMILES string of the molecule is CC[C@H]1CCc2c(sc(NC(=O)/C=C\c3ccc4c(c3)OCO4)c2C(N)=O)C1. The van der Waals surface area contributed by atoms with E-state index in [2.05, 4.69) is 12.2 Å². The molecule has 146 valence electrons. The highest BCUT2D eigenvalue weighted by Crippen LogP contribution is 2.40. The van der Waals surface area contributed by atoms with Crippen LogP contribution in [0.1, 0.15) is 46.1 Å². The van der Waals surface area contributed by atoms with Crippen LogP contribution in [-0.2, 0) is 17.6 Å². The third kappa shape index (κ3) is 3.62. The van der Waals surface area contributed by atoms with E-state index in [1.54, 1.807) is 6.08 Å². The van der Waals surface area contributed by atoms with Gasteiger partial charge in [0.2, 0.25) is 12.7 Å². The molecular formula is C21H22N2O4S. The first kappa shape index (κ1) is 18.6. The van der Waals surface area contributed by atoms with Gasteiger partial charge in [-0.05, 0) is 54.5 Å². The van der Waals surface area contributed by atoms with Gasteiger partial charge in [-0.2, -0.15) is 0 Å². The van der Waals surface area contributed by atoms with Crippen LogP contribution in [0.5, 0.6) is 11.5 Å². The molecule has 0 unspecified atom stereocenters. The van der Waals surface area contributed by atoms with Crippen LogP contribution in [0.3, 0.4) is 0 Å². The van der Waals surface area contributed by atoms with Gasteiger partial charge in [-0.25, -0.2) is 0 Å². The molecule has 1 aromatic carbocycles. The number of anilines is 1. The number of amides is 2. The summed E-state index contributed by atoms with van der Waals surface area (Å²) in [6.45, 7) is 2.39. The molecule has 0 saturated carbocycles. The molecular weight excluding hydrogens is 376 g/mol. The van der Waals surface area contributed by atoms with Gasteiger partial charge in [0.15, 0.2) is 11.5 Å². The van der Waals surface area contributed by atoms with Crippen LogP contribution in [0, 0.1) is 5.92 Å². The number of nitrogens with one attached hydrogen (secondary N) is 1. The molecule has 1 atom stereocenters. The summed E-state index contributed by atoms with van der Waals surface area (Å²) in [5, 5.41) is 3.39. The Bertz CT molecular complexity index is 964. The molecule has 0 spiro atoms. The van der Waals surface area contributed by atoms with Gasteiger partial charge in [0.1, 0.15) is 5.00 Å². The van der Waals surface area contributed by atoms with E-state index in [-0.39, 0.29) is 12.7 Å². The summed E-state index contributed by atoms with van der Waals surface area (Å²) >= 11 is 1.47. The number of primary amides is 1. The lowest BCUT2D eigenvalue weighted by molar-refractivity contribution is -0.111. The van der Waals surface area contributed by atoms with Gasteiger partial charge in [0.05, 0.1) is 5.56 Å². The minimum Gasteiger partial charge on any atom is -0.454 e. The summed E-state index contributed by atoms with van der Waals surface area (Å²) in [6.07, 6.45) is 7.09. The molecule has 2 amide bonds. The monoisotopic (exact) mass is 398 g/mol. The third-order valence-electron chi connectivity index (χ3n) is 5.25. The minimum atomic E-state index is -0.484. The third-order valence-corrected chi connectivity index (χ3v) is 6.42. The maximum Gasteiger partial charge on any atom is 0.251 e. The zero-order chi connectivity index (χ0) is 19.7. The molecule has 2 heterocycles. The second-order valence-corrected chi connectivity index (χ2v) is 8.13. The highest BCUT2D eigenvalue weighted by molar-refractivity contribution is 7.17. The maximum absolute atomic E-state index is 12.4. The molecule has 4 rings (SSSR count). The first-order chi connectivity index (χ1) is 13.5. The van der Waals surface area contributed by atoms with Gasteiger partial charge in [0, 0.05) is 11.0 Å². The minimum absolute atomic E-state index is 0.209. The molecule has 0 fully saturated rings. The highest BCUT2D eigenvalue weighted by atomic mass is 32.1. The molecule has 0 bridgehead atoms. The number of carbonyl (C=O) groups excluding carboxylic acids is 2.